The van der Waals surface area contributed by atoms with Gasteiger partial charge in [-0.3, -0.25) is 0 Å². The maximum absolute atomic E-state index is 11.6. The Labute approximate surface area is 162 Å². The molecular weight excluding hydrogens is 358 g/mol. The van der Waals surface area contributed by atoms with Gasteiger partial charge in [0.15, 0.2) is 5.82 Å². The number of aromatic carboxylic acids is 1. The molecule has 0 bridgehead atoms. The average Bonchev–Trinajstić information content (AvgIpc) is 3.32. The predicted molar refractivity (Wildman–Crippen MR) is 102 cm³/mol. The molecule has 0 amide bonds. The highest BCUT2D eigenvalue weighted by atomic mass is 16.4. The van der Waals surface area contributed by atoms with Crippen molar-refractivity contribution in [3.8, 4) is 0 Å². The molecule has 1 aliphatic heterocycles. The Kier molecular flexibility index (Phi) is 4.81. The Morgan fingerprint density at radius 2 is 2.18 bits per heavy atom. The number of rotatable bonds is 5. The maximum atomic E-state index is 11.6. The molecule has 1 fully saturated rings. The van der Waals surface area contributed by atoms with Crippen molar-refractivity contribution in [3.05, 3.63) is 53.8 Å². The molecule has 4 rings (SSSR count). The number of anilines is 1. The van der Waals surface area contributed by atoms with Gasteiger partial charge in [0.2, 0.25) is 0 Å². The molecule has 0 aliphatic carbocycles. The van der Waals surface area contributed by atoms with Gasteiger partial charge in [0.25, 0.3) is 0 Å². The summed E-state index contributed by atoms with van der Waals surface area (Å²) in [6.45, 7) is 3.95. The number of carboxylic acids is 1. The van der Waals surface area contributed by atoms with Gasteiger partial charge in [0, 0.05) is 44.1 Å². The van der Waals surface area contributed by atoms with Crippen LogP contribution in [0, 0.1) is 6.92 Å². The largest absolute Gasteiger partial charge is 0.478 e. The minimum Gasteiger partial charge on any atom is -0.478 e. The molecule has 0 saturated carbocycles. The molecule has 0 radical (unpaired) electrons. The van der Waals surface area contributed by atoms with Crippen molar-refractivity contribution in [2.75, 3.05) is 18.0 Å². The van der Waals surface area contributed by atoms with E-state index in [4.69, 9.17) is 0 Å². The van der Waals surface area contributed by atoms with Crippen molar-refractivity contribution >= 4 is 11.8 Å². The van der Waals surface area contributed by atoms with Gasteiger partial charge in [-0.1, -0.05) is 0 Å². The smallest absolute Gasteiger partial charge is 0.339 e. The second kappa shape index (κ2) is 7.41. The van der Waals surface area contributed by atoms with Crippen LogP contribution in [0.15, 0.2) is 30.9 Å². The molecule has 146 valence electrons. The Bertz CT molecular complexity index is 980. The molecule has 9 heteroatoms. The fourth-order valence-corrected chi connectivity index (χ4v) is 3.74. The first-order valence-electron chi connectivity index (χ1n) is 9.32. The Hall–Kier alpha value is -3.23. The van der Waals surface area contributed by atoms with Crippen LogP contribution in [0.1, 0.15) is 46.5 Å². The number of carbonyl (C=O) groups is 1. The lowest BCUT2D eigenvalue weighted by molar-refractivity contribution is 0.0697. The zero-order valence-electron chi connectivity index (χ0n) is 16.0. The fraction of sp³-hybridized carbons (Fsp3) is 0.421. The van der Waals surface area contributed by atoms with Gasteiger partial charge in [0.05, 0.1) is 12.9 Å². The summed E-state index contributed by atoms with van der Waals surface area (Å²) in [7, 11) is 1.98. The number of nitrogens with zero attached hydrogens (tertiary/aromatic N) is 7. The van der Waals surface area contributed by atoms with Crippen molar-refractivity contribution in [3.63, 3.8) is 0 Å². The standard InChI is InChI=1S/C19H23N7O2/c1-13-5-6-15(19(27)28)18(21-13)26-8-3-4-14(10-26)17-23-22-16(24(17)2)11-25-9-7-20-12-25/h5-7,9,12,14H,3-4,8,10-11H2,1-2H3,(H,27,28)/t14-/m1/s1. The van der Waals surface area contributed by atoms with E-state index in [1.54, 1.807) is 24.7 Å². The third-order valence-electron chi connectivity index (χ3n) is 5.21. The molecule has 1 N–H and O–H groups in total. The molecule has 0 spiro atoms. The van der Waals surface area contributed by atoms with E-state index in [2.05, 4.69) is 25.1 Å². The molecule has 1 atom stereocenters. The van der Waals surface area contributed by atoms with Crippen molar-refractivity contribution in [1.29, 1.82) is 0 Å². The first kappa shape index (κ1) is 18.1. The molecule has 28 heavy (non-hydrogen) atoms. The molecule has 0 unspecified atom stereocenters. The summed E-state index contributed by atoms with van der Waals surface area (Å²) >= 11 is 0. The maximum Gasteiger partial charge on any atom is 0.339 e. The monoisotopic (exact) mass is 381 g/mol. The van der Waals surface area contributed by atoms with E-state index in [1.807, 2.05) is 29.3 Å². The first-order valence-corrected chi connectivity index (χ1v) is 9.32. The van der Waals surface area contributed by atoms with Crippen LogP contribution < -0.4 is 4.90 Å². The van der Waals surface area contributed by atoms with Crippen LogP contribution >= 0.6 is 0 Å². The molecule has 1 aliphatic rings. The summed E-state index contributed by atoms with van der Waals surface area (Å²) in [5, 5.41) is 18.3. The van der Waals surface area contributed by atoms with Crippen LogP contribution in [0.4, 0.5) is 5.82 Å². The van der Waals surface area contributed by atoms with Crippen LogP contribution in [0.2, 0.25) is 0 Å². The Balaban J connectivity index is 1.58. The molecule has 3 aromatic heterocycles. The summed E-state index contributed by atoms with van der Waals surface area (Å²) in [5.41, 5.74) is 1.05. The van der Waals surface area contributed by atoms with Gasteiger partial charge in [-0.15, -0.1) is 10.2 Å². The number of imidazole rings is 1. The van der Waals surface area contributed by atoms with Crippen LogP contribution in [0.5, 0.6) is 0 Å². The number of hydrogen-bond acceptors (Lipinski definition) is 6. The lowest BCUT2D eigenvalue weighted by Crippen LogP contribution is -2.37. The number of aromatic nitrogens is 6. The topological polar surface area (TPSA) is 102 Å². The van der Waals surface area contributed by atoms with Gasteiger partial charge in [-0.25, -0.2) is 14.8 Å². The molecule has 0 aromatic carbocycles. The minimum atomic E-state index is -0.953. The van der Waals surface area contributed by atoms with Gasteiger partial charge in [-0.05, 0) is 31.9 Å². The van der Waals surface area contributed by atoms with Crippen LogP contribution in [-0.4, -0.2) is 53.5 Å². The zero-order chi connectivity index (χ0) is 19.7. The predicted octanol–water partition coefficient (Wildman–Crippen LogP) is 1.85. The number of piperidine rings is 1. The molecule has 9 nitrogen and oxygen atoms in total. The van der Waals surface area contributed by atoms with E-state index < -0.39 is 5.97 Å². The van der Waals surface area contributed by atoms with E-state index in [0.717, 1.165) is 36.7 Å². The number of carboxylic acid groups (broad SMARTS) is 1. The lowest BCUT2D eigenvalue weighted by Gasteiger charge is -2.33. The van der Waals surface area contributed by atoms with Crippen molar-refractivity contribution in [2.24, 2.45) is 7.05 Å². The van der Waals surface area contributed by atoms with E-state index in [-0.39, 0.29) is 11.5 Å². The van der Waals surface area contributed by atoms with E-state index in [0.29, 0.717) is 18.9 Å². The van der Waals surface area contributed by atoms with Crippen LogP contribution in [0.25, 0.3) is 0 Å². The Morgan fingerprint density at radius 3 is 2.93 bits per heavy atom. The second-order valence-electron chi connectivity index (χ2n) is 7.18. The normalized spacial score (nSPS) is 17.1. The van der Waals surface area contributed by atoms with Crippen LogP contribution in [-0.2, 0) is 13.6 Å². The number of pyridine rings is 1. The van der Waals surface area contributed by atoms with Gasteiger partial charge >= 0.3 is 5.97 Å². The third-order valence-corrected chi connectivity index (χ3v) is 5.21. The van der Waals surface area contributed by atoms with Gasteiger partial charge in [0.1, 0.15) is 17.2 Å². The minimum absolute atomic E-state index is 0.173. The lowest BCUT2D eigenvalue weighted by atomic mass is 9.96. The summed E-state index contributed by atoms with van der Waals surface area (Å²) in [6, 6.07) is 3.37. The molecule has 3 aromatic rings. The third kappa shape index (κ3) is 3.47. The van der Waals surface area contributed by atoms with E-state index in [1.165, 1.54) is 0 Å². The Morgan fingerprint density at radius 1 is 1.32 bits per heavy atom. The summed E-state index contributed by atoms with van der Waals surface area (Å²) in [5.74, 6) is 1.55. The number of aryl methyl sites for hydroxylation is 1. The highest BCUT2D eigenvalue weighted by molar-refractivity contribution is 5.93. The molecular formula is C19H23N7O2. The van der Waals surface area contributed by atoms with Crippen molar-refractivity contribution in [1.82, 2.24) is 29.3 Å². The second-order valence-corrected chi connectivity index (χ2v) is 7.18. The van der Waals surface area contributed by atoms with Gasteiger partial charge in [-0.2, -0.15) is 0 Å². The van der Waals surface area contributed by atoms with E-state index in [9.17, 15) is 9.90 Å². The molecule has 4 heterocycles. The van der Waals surface area contributed by atoms with Crippen LogP contribution in [0.3, 0.4) is 0 Å². The van der Waals surface area contributed by atoms with E-state index >= 15 is 0 Å². The SMILES string of the molecule is Cc1ccc(C(=O)O)c(N2CCC[C@@H](c3nnc(Cn4ccnc4)n3C)C2)n1. The fourth-order valence-electron chi connectivity index (χ4n) is 3.74. The van der Waals surface area contributed by atoms with Crippen molar-refractivity contribution in [2.45, 2.75) is 32.2 Å². The summed E-state index contributed by atoms with van der Waals surface area (Å²) < 4.78 is 3.99. The highest BCUT2D eigenvalue weighted by Gasteiger charge is 2.29. The number of hydrogen-bond donors (Lipinski definition) is 1. The summed E-state index contributed by atoms with van der Waals surface area (Å²) in [6.07, 6.45) is 7.33. The van der Waals surface area contributed by atoms with Crippen molar-refractivity contribution < 1.29 is 9.90 Å². The van der Waals surface area contributed by atoms with Gasteiger partial charge < -0.3 is 19.1 Å². The average molecular weight is 381 g/mol. The summed E-state index contributed by atoms with van der Waals surface area (Å²) in [4.78, 5) is 22.3. The zero-order valence-corrected chi connectivity index (χ0v) is 16.0. The first-order chi connectivity index (χ1) is 13.5. The highest BCUT2D eigenvalue weighted by Crippen LogP contribution is 2.30. The molecule has 1 saturated heterocycles. The quantitative estimate of drug-likeness (QED) is 0.719.